The minimum Gasteiger partial charge on any atom is -0.389 e. The summed E-state index contributed by atoms with van der Waals surface area (Å²) in [6.45, 7) is 0. The maximum atomic E-state index is 9.33. The molecule has 1 N–H and O–H groups in total. The Kier molecular flexibility index (Phi) is 2.38. The molecule has 2 rings (SSSR count). The maximum absolute atomic E-state index is 9.33. The van der Waals surface area contributed by atoms with E-state index in [4.69, 9.17) is 11.6 Å². The van der Waals surface area contributed by atoms with Crippen molar-refractivity contribution < 1.29 is 5.11 Å². The van der Waals surface area contributed by atoms with Crippen molar-refractivity contribution in [1.29, 1.82) is 0 Å². The van der Waals surface area contributed by atoms with E-state index in [1.165, 1.54) is 0 Å². The van der Waals surface area contributed by atoms with Gasteiger partial charge in [0.1, 0.15) is 0 Å². The van der Waals surface area contributed by atoms with Crippen LogP contribution < -0.4 is 0 Å². The summed E-state index contributed by atoms with van der Waals surface area (Å²) in [5.74, 6) is 0. The number of rotatable bonds is 1. The van der Waals surface area contributed by atoms with Crippen LogP contribution in [0.4, 0.5) is 0 Å². The van der Waals surface area contributed by atoms with E-state index < -0.39 is 0 Å². The first-order chi connectivity index (χ1) is 6.27. The fourth-order valence-corrected chi connectivity index (χ4v) is 1.91. The van der Waals surface area contributed by atoms with E-state index in [1.807, 2.05) is 30.3 Å². The molecule has 1 aliphatic carbocycles. The van der Waals surface area contributed by atoms with Gasteiger partial charge < -0.3 is 5.11 Å². The lowest BCUT2D eigenvalue weighted by Crippen LogP contribution is -1.93. The molecule has 1 aromatic rings. The zero-order valence-corrected chi connectivity index (χ0v) is 7.96. The highest BCUT2D eigenvalue weighted by Crippen LogP contribution is 2.31. The zero-order chi connectivity index (χ0) is 9.26. The van der Waals surface area contributed by atoms with E-state index in [-0.39, 0.29) is 6.10 Å². The largest absolute Gasteiger partial charge is 0.389 e. The molecule has 0 heterocycles. The van der Waals surface area contributed by atoms with Gasteiger partial charge in [-0.05, 0) is 30.0 Å². The van der Waals surface area contributed by atoms with Gasteiger partial charge in [0.15, 0.2) is 0 Å². The lowest BCUT2D eigenvalue weighted by molar-refractivity contribution is 0.223. The third-order valence-electron chi connectivity index (χ3n) is 2.32. The second-order valence-electron chi connectivity index (χ2n) is 3.28. The summed E-state index contributed by atoms with van der Waals surface area (Å²) in [6.07, 6.45) is 3.35. The first-order valence-electron chi connectivity index (χ1n) is 4.41. The van der Waals surface area contributed by atoms with Crippen LogP contribution in [0.5, 0.6) is 0 Å². The number of aliphatic hydroxyl groups excluding tert-OH is 1. The molecule has 0 bridgehead atoms. The van der Waals surface area contributed by atoms with Crippen molar-refractivity contribution >= 4 is 17.2 Å². The van der Waals surface area contributed by atoms with E-state index in [1.54, 1.807) is 0 Å². The Morgan fingerprint density at radius 1 is 1.31 bits per heavy atom. The fourth-order valence-electron chi connectivity index (χ4n) is 1.65. The molecule has 1 unspecified atom stereocenters. The van der Waals surface area contributed by atoms with Crippen molar-refractivity contribution in [3.8, 4) is 0 Å². The topological polar surface area (TPSA) is 20.2 Å². The monoisotopic (exact) mass is 194 g/mol. The lowest BCUT2D eigenvalue weighted by Gasteiger charge is -2.03. The van der Waals surface area contributed by atoms with E-state index in [9.17, 15) is 5.11 Å². The van der Waals surface area contributed by atoms with Crippen LogP contribution in [0.1, 0.15) is 18.4 Å². The molecule has 0 aromatic heterocycles. The first kappa shape index (κ1) is 8.79. The van der Waals surface area contributed by atoms with Gasteiger partial charge in [-0.1, -0.05) is 35.9 Å². The number of hydrogen-bond donors (Lipinski definition) is 1. The number of allylic oxidation sites excluding steroid dienone is 1. The van der Waals surface area contributed by atoms with Gasteiger partial charge in [0.05, 0.1) is 6.10 Å². The Morgan fingerprint density at radius 2 is 2.08 bits per heavy atom. The van der Waals surface area contributed by atoms with Gasteiger partial charge in [0.25, 0.3) is 0 Å². The molecule has 2 heteroatoms. The lowest BCUT2D eigenvalue weighted by atomic mass is 10.1. The summed E-state index contributed by atoms with van der Waals surface area (Å²) in [6, 6.07) is 7.75. The predicted molar refractivity (Wildman–Crippen MR) is 54.7 cm³/mol. The summed E-state index contributed by atoms with van der Waals surface area (Å²) in [5, 5.41) is 10.1. The van der Waals surface area contributed by atoms with Gasteiger partial charge >= 0.3 is 0 Å². The Balaban J connectivity index is 2.36. The second-order valence-corrected chi connectivity index (χ2v) is 3.68. The molecule has 0 saturated heterocycles. The van der Waals surface area contributed by atoms with E-state index in [2.05, 4.69) is 0 Å². The highest BCUT2D eigenvalue weighted by Gasteiger charge is 2.15. The Morgan fingerprint density at radius 3 is 2.69 bits per heavy atom. The van der Waals surface area contributed by atoms with Gasteiger partial charge in [-0.25, -0.2) is 0 Å². The van der Waals surface area contributed by atoms with Crippen LogP contribution in [0.25, 0.3) is 5.57 Å². The molecular formula is C11H11ClO. The second kappa shape index (κ2) is 3.52. The van der Waals surface area contributed by atoms with Crippen molar-refractivity contribution in [1.82, 2.24) is 0 Å². The molecule has 0 aliphatic heterocycles. The standard InChI is InChI=1S/C11H11ClO/c12-11-4-2-1-3-10(11)8-5-6-9(13)7-8/h1-4,7,9,13H,5-6H2. The fraction of sp³-hybridized carbons (Fsp3) is 0.273. The van der Waals surface area contributed by atoms with E-state index >= 15 is 0 Å². The molecule has 0 radical (unpaired) electrons. The van der Waals surface area contributed by atoms with Gasteiger partial charge in [0, 0.05) is 5.02 Å². The predicted octanol–water partition coefficient (Wildman–Crippen LogP) is 2.88. The average Bonchev–Trinajstić information content (AvgIpc) is 2.53. The van der Waals surface area contributed by atoms with Crippen LogP contribution >= 0.6 is 11.6 Å². The zero-order valence-electron chi connectivity index (χ0n) is 7.20. The maximum Gasteiger partial charge on any atom is 0.0730 e. The number of hydrogen-bond acceptors (Lipinski definition) is 1. The minimum atomic E-state index is -0.286. The molecule has 0 fully saturated rings. The van der Waals surface area contributed by atoms with E-state index in [0.29, 0.717) is 0 Å². The summed E-state index contributed by atoms with van der Waals surface area (Å²) in [7, 11) is 0. The molecular weight excluding hydrogens is 184 g/mol. The van der Waals surface area contributed by atoms with Gasteiger partial charge in [0.2, 0.25) is 0 Å². The normalized spacial score (nSPS) is 21.7. The number of halogens is 1. The summed E-state index contributed by atoms with van der Waals surface area (Å²) in [5.41, 5.74) is 2.22. The van der Waals surface area contributed by atoms with Crippen LogP contribution in [0.3, 0.4) is 0 Å². The molecule has 0 amide bonds. The van der Waals surface area contributed by atoms with Crippen molar-refractivity contribution in [2.45, 2.75) is 18.9 Å². The SMILES string of the molecule is OC1C=C(c2ccccc2Cl)CC1. The third-order valence-corrected chi connectivity index (χ3v) is 2.65. The van der Waals surface area contributed by atoms with Gasteiger partial charge in [-0.15, -0.1) is 0 Å². The number of benzene rings is 1. The summed E-state index contributed by atoms with van der Waals surface area (Å²) in [4.78, 5) is 0. The molecule has 1 nitrogen and oxygen atoms in total. The van der Waals surface area contributed by atoms with E-state index in [0.717, 1.165) is 29.0 Å². The minimum absolute atomic E-state index is 0.286. The van der Waals surface area contributed by atoms with Crippen molar-refractivity contribution in [3.63, 3.8) is 0 Å². The quantitative estimate of drug-likeness (QED) is 0.729. The molecule has 1 aromatic carbocycles. The van der Waals surface area contributed by atoms with Crippen molar-refractivity contribution in [2.75, 3.05) is 0 Å². The molecule has 13 heavy (non-hydrogen) atoms. The molecule has 1 aliphatic rings. The van der Waals surface area contributed by atoms with Crippen molar-refractivity contribution in [2.24, 2.45) is 0 Å². The number of aliphatic hydroxyl groups is 1. The smallest absolute Gasteiger partial charge is 0.0730 e. The Bertz CT molecular complexity index is 344. The van der Waals surface area contributed by atoms with Crippen LogP contribution in [-0.2, 0) is 0 Å². The summed E-state index contributed by atoms with van der Waals surface area (Å²) < 4.78 is 0. The third kappa shape index (κ3) is 1.77. The van der Waals surface area contributed by atoms with Gasteiger partial charge in [-0.3, -0.25) is 0 Å². The molecule has 68 valence electrons. The molecule has 0 spiro atoms. The molecule has 1 atom stereocenters. The van der Waals surface area contributed by atoms with Crippen LogP contribution in [-0.4, -0.2) is 11.2 Å². The van der Waals surface area contributed by atoms with Crippen LogP contribution in [0, 0.1) is 0 Å². The van der Waals surface area contributed by atoms with Gasteiger partial charge in [-0.2, -0.15) is 0 Å². The first-order valence-corrected chi connectivity index (χ1v) is 4.79. The van der Waals surface area contributed by atoms with Crippen LogP contribution in [0.15, 0.2) is 30.3 Å². The Labute approximate surface area is 82.7 Å². The Hall–Kier alpha value is -0.790. The molecule has 0 saturated carbocycles. The highest BCUT2D eigenvalue weighted by molar-refractivity contribution is 6.32. The average molecular weight is 195 g/mol. The van der Waals surface area contributed by atoms with Crippen LogP contribution in [0.2, 0.25) is 5.02 Å². The summed E-state index contributed by atoms with van der Waals surface area (Å²) >= 11 is 6.03. The van der Waals surface area contributed by atoms with Crippen molar-refractivity contribution in [3.05, 3.63) is 40.9 Å². The highest BCUT2D eigenvalue weighted by atomic mass is 35.5.